The molecule has 2 aromatic rings. The standard InChI is InChI=1S/C24H31N3O6S/c1-3-4-12-25-22-11-6-5-10-21(22)24(29)33-18(2)23(28)26-19-8-7-9-20(17-19)34(30,31)27-13-15-32-16-14-27/h5-11,17-18,25H,3-4,12-16H2,1-2H3,(H,26,28). The highest BCUT2D eigenvalue weighted by Gasteiger charge is 2.27. The van der Waals surface area contributed by atoms with Crippen molar-refractivity contribution >= 4 is 33.3 Å². The molecule has 0 radical (unpaired) electrons. The Kier molecular flexibility index (Phi) is 9.03. The molecule has 184 valence electrons. The summed E-state index contributed by atoms with van der Waals surface area (Å²) in [5, 5.41) is 5.85. The van der Waals surface area contributed by atoms with Crippen LogP contribution in [0.2, 0.25) is 0 Å². The number of morpholine rings is 1. The van der Waals surface area contributed by atoms with Crippen molar-refractivity contribution in [1.29, 1.82) is 0 Å². The van der Waals surface area contributed by atoms with E-state index in [9.17, 15) is 18.0 Å². The SMILES string of the molecule is CCCCNc1ccccc1C(=O)OC(C)C(=O)Nc1cccc(S(=O)(=O)N2CCOCC2)c1. The zero-order valence-corrected chi connectivity index (χ0v) is 20.3. The Labute approximate surface area is 200 Å². The maximum Gasteiger partial charge on any atom is 0.341 e. The summed E-state index contributed by atoms with van der Waals surface area (Å²) in [5.74, 6) is -1.18. The maximum absolute atomic E-state index is 12.9. The third-order valence-corrected chi connectivity index (χ3v) is 7.25. The van der Waals surface area contributed by atoms with E-state index in [4.69, 9.17) is 9.47 Å². The first-order valence-corrected chi connectivity index (χ1v) is 12.8. The fourth-order valence-corrected chi connectivity index (χ4v) is 4.86. The Balaban J connectivity index is 1.64. The molecular weight excluding hydrogens is 458 g/mol. The monoisotopic (exact) mass is 489 g/mol. The smallest absolute Gasteiger partial charge is 0.341 e. The lowest BCUT2D eigenvalue weighted by atomic mass is 10.1. The first kappa shape index (κ1) is 25.7. The third-order valence-electron chi connectivity index (χ3n) is 5.36. The van der Waals surface area contributed by atoms with Gasteiger partial charge < -0.3 is 20.1 Å². The molecule has 3 rings (SSSR count). The minimum Gasteiger partial charge on any atom is -0.449 e. The molecule has 1 atom stereocenters. The van der Waals surface area contributed by atoms with Crippen molar-refractivity contribution in [2.45, 2.75) is 37.7 Å². The van der Waals surface area contributed by atoms with Crippen LogP contribution in [0.1, 0.15) is 37.0 Å². The number of amides is 1. The molecular formula is C24H31N3O6S. The van der Waals surface area contributed by atoms with Crippen LogP contribution in [0.5, 0.6) is 0 Å². The number of esters is 1. The van der Waals surface area contributed by atoms with E-state index in [1.165, 1.54) is 23.4 Å². The number of carbonyl (C=O) groups excluding carboxylic acids is 2. The molecule has 0 bridgehead atoms. The van der Waals surface area contributed by atoms with Crippen LogP contribution >= 0.6 is 0 Å². The molecule has 1 unspecified atom stereocenters. The maximum atomic E-state index is 12.9. The van der Waals surface area contributed by atoms with E-state index in [2.05, 4.69) is 17.6 Å². The van der Waals surface area contributed by atoms with E-state index in [-0.39, 0.29) is 18.0 Å². The van der Waals surface area contributed by atoms with Crippen molar-refractivity contribution in [2.75, 3.05) is 43.5 Å². The molecule has 2 N–H and O–H groups in total. The van der Waals surface area contributed by atoms with Crippen molar-refractivity contribution in [3.05, 3.63) is 54.1 Å². The van der Waals surface area contributed by atoms with Crippen molar-refractivity contribution < 1.29 is 27.5 Å². The summed E-state index contributed by atoms with van der Waals surface area (Å²) >= 11 is 0. The van der Waals surface area contributed by atoms with Gasteiger partial charge in [0, 0.05) is 31.0 Å². The van der Waals surface area contributed by atoms with E-state index in [1.54, 1.807) is 30.3 Å². The molecule has 2 aromatic carbocycles. The Morgan fingerprint density at radius 2 is 1.85 bits per heavy atom. The minimum atomic E-state index is -3.70. The molecule has 0 spiro atoms. The quantitative estimate of drug-likeness (QED) is 0.389. The molecule has 0 aliphatic carbocycles. The van der Waals surface area contributed by atoms with Crippen molar-refractivity contribution in [1.82, 2.24) is 4.31 Å². The molecule has 34 heavy (non-hydrogen) atoms. The highest BCUT2D eigenvalue weighted by atomic mass is 32.2. The number of para-hydroxylation sites is 1. The number of hydrogen-bond acceptors (Lipinski definition) is 7. The zero-order chi connectivity index (χ0) is 24.6. The largest absolute Gasteiger partial charge is 0.449 e. The van der Waals surface area contributed by atoms with Crippen LogP contribution in [-0.4, -0.2) is 63.6 Å². The number of nitrogens with zero attached hydrogens (tertiary/aromatic N) is 1. The second-order valence-electron chi connectivity index (χ2n) is 7.91. The van der Waals surface area contributed by atoms with Gasteiger partial charge in [-0.25, -0.2) is 13.2 Å². The van der Waals surface area contributed by atoms with E-state index in [1.807, 2.05) is 6.07 Å². The van der Waals surface area contributed by atoms with Gasteiger partial charge in [-0.2, -0.15) is 4.31 Å². The van der Waals surface area contributed by atoms with Crippen LogP contribution in [0.3, 0.4) is 0 Å². The molecule has 1 saturated heterocycles. The number of anilines is 2. The average molecular weight is 490 g/mol. The lowest BCUT2D eigenvalue weighted by Crippen LogP contribution is -2.40. The average Bonchev–Trinajstić information content (AvgIpc) is 2.85. The third kappa shape index (κ3) is 6.55. The van der Waals surface area contributed by atoms with Gasteiger partial charge in [-0.3, -0.25) is 4.79 Å². The Hall–Kier alpha value is -2.95. The van der Waals surface area contributed by atoms with Gasteiger partial charge in [0.05, 0.1) is 23.7 Å². The first-order chi connectivity index (χ1) is 16.3. The second-order valence-corrected chi connectivity index (χ2v) is 9.84. The van der Waals surface area contributed by atoms with Gasteiger partial charge >= 0.3 is 5.97 Å². The van der Waals surface area contributed by atoms with Crippen molar-refractivity contribution in [2.24, 2.45) is 0 Å². The number of ether oxygens (including phenoxy) is 2. The fourth-order valence-electron chi connectivity index (χ4n) is 3.41. The summed E-state index contributed by atoms with van der Waals surface area (Å²) in [7, 11) is -3.70. The van der Waals surface area contributed by atoms with Gasteiger partial charge in [-0.05, 0) is 43.7 Å². The Bertz CT molecular complexity index is 1100. The Morgan fingerprint density at radius 1 is 1.12 bits per heavy atom. The van der Waals surface area contributed by atoms with Crippen LogP contribution in [0.15, 0.2) is 53.4 Å². The molecule has 10 heteroatoms. The second kappa shape index (κ2) is 12.0. The van der Waals surface area contributed by atoms with E-state index < -0.39 is 28.0 Å². The Morgan fingerprint density at radius 3 is 2.59 bits per heavy atom. The van der Waals surface area contributed by atoms with Gasteiger partial charge in [0.1, 0.15) is 0 Å². The summed E-state index contributed by atoms with van der Waals surface area (Å²) in [6.45, 7) is 5.51. The van der Waals surface area contributed by atoms with Gasteiger partial charge in [0.25, 0.3) is 5.91 Å². The molecule has 0 saturated carbocycles. The summed E-state index contributed by atoms with van der Waals surface area (Å²) in [6.07, 6.45) is 0.893. The molecule has 1 fully saturated rings. The number of benzene rings is 2. The van der Waals surface area contributed by atoms with Crippen LogP contribution in [0.25, 0.3) is 0 Å². The number of unbranched alkanes of at least 4 members (excludes halogenated alkanes) is 1. The van der Waals surface area contributed by atoms with E-state index >= 15 is 0 Å². The predicted molar refractivity (Wildman–Crippen MR) is 129 cm³/mol. The zero-order valence-electron chi connectivity index (χ0n) is 19.5. The van der Waals surface area contributed by atoms with E-state index in [0.29, 0.717) is 30.2 Å². The molecule has 1 aliphatic heterocycles. The molecule has 1 aliphatic rings. The van der Waals surface area contributed by atoms with Crippen molar-refractivity contribution in [3.8, 4) is 0 Å². The fraction of sp³-hybridized carbons (Fsp3) is 0.417. The molecule has 0 aromatic heterocycles. The number of rotatable bonds is 10. The van der Waals surface area contributed by atoms with Gasteiger partial charge in [-0.15, -0.1) is 0 Å². The summed E-state index contributed by atoms with van der Waals surface area (Å²) in [6, 6.07) is 13.0. The lowest BCUT2D eigenvalue weighted by Gasteiger charge is -2.26. The van der Waals surface area contributed by atoms with Crippen LogP contribution in [-0.2, 0) is 24.3 Å². The van der Waals surface area contributed by atoms with Crippen LogP contribution in [0, 0.1) is 0 Å². The number of nitrogens with one attached hydrogen (secondary N) is 2. The minimum absolute atomic E-state index is 0.0731. The van der Waals surface area contributed by atoms with Gasteiger partial charge in [0.2, 0.25) is 10.0 Å². The molecule has 1 amide bonds. The van der Waals surface area contributed by atoms with Gasteiger partial charge in [-0.1, -0.05) is 31.5 Å². The summed E-state index contributed by atoms with van der Waals surface area (Å²) < 4.78 is 37.7. The number of carbonyl (C=O) groups is 2. The molecule has 1 heterocycles. The molecule has 9 nitrogen and oxygen atoms in total. The topological polar surface area (TPSA) is 114 Å². The summed E-state index contributed by atoms with van der Waals surface area (Å²) in [4.78, 5) is 25.4. The number of sulfonamides is 1. The highest BCUT2D eigenvalue weighted by molar-refractivity contribution is 7.89. The lowest BCUT2D eigenvalue weighted by molar-refractivity contribution is -0.123. The van der Waals surface area contributed by atoms with Gasteiger partial charge in [0.15, 0.2) is 6.10 Å². The van der Waals surface area contributed by atoms with E-state index in [0.717, 1.165) is 19.4 Å². The normalized spacial score (nSPS) is 15.4. The first-order valence-electron chi connectivity index (χ1n) is 11.4. The number of hydrogen-bond donors (Lipinski definition) is 2. The van der Waals surface area contributed by atoms with Crippen LogP contribution in [0.4, 0.5) is 11.4 Å². The predicted octanol–water partition coefficient (Wildman–Crippen LogP) is 3.10. The van der Waals surface area contributed by atoms with Crippen molar-refractivity contribution in [3.63, 3.8) is 0 Å². The summed E-state index contributed by atoms with van der Waals surface area (Å²) in [5.41, 5.74) is 1.29. The highest BCUT2D eigenvalue weighted by Crippen LogP contribution is 2.21. The van der Waals surface area contributed by atoms with Crippen LogP contribution < -0.4 is 10.6 Å².